The van der Waals surface area contributed by atoms with Crippen LogP contribution >= 0.6 is 11.3 Å². The third kappa shape index (κ3) is 4.33. The first-order valence-electron chi connectivity index (χ1n) is 4.08. The molecule has 0 saturated heterocycles. The van der Waals surface area contributed by atoms with Gasteiger partial charge in [-0.25, -0.2) is 4.98 Å². The minimum Gasteiger partial charge on any atom is -0.382 e. The van der Waals surface area contributed by atoms with E-state index in [1.165, 1.54) is 4.88 Å². The lowest BCUT2D eigenvalue weighted by Crippen LogP contribution is -2.16. The number of hydroxylamine groups is 1. The van der Waals surface area contributed by atoms with Crippen molar-refractivity contribution in [1.82, 2.24) is 10.5 Å². The number of ether oxygens (including phenoxy) is 1. The average Bonchev–Trinajstić information content (AvgIpc) is 2.51. The van der Waals surface area contributed by atoms with Gasteiger partial charge in [0.25, 0.3) is 0 Å². The summed E-state index contributed by atoms with van der Waals surface area (Å²) in [6.07, 6.45) is 1.85. The van der Waals surface area contributed by atoms with Crippen LogP contribution in [0.25, 0.3) is 0 Å². The van der Waals surface area contributed by atoms with Gasteiger partial charge in [-0.2, -0.15) is 5.48 Å². The van der Waals surface area contributed by atoms with Gasteiger partial charge >= 0.3 is 0 Å². The van der Waals surface area contributed by atoms with E-state index in [-0.39, 0.29) is 0 Å². The van der Waals surface area contributed by atoms with Gasteiger partial charge in [0.15, 0.2) is 0 Å². The molecule has 5 heteroatoms. The fraction of sp³-hybridized carbons (Fsp3) is 0.625. The van der Waals surface area contributed by atoms with Crippen LogP contribution in [0.2, 0.25) is 0 Å². The Hall–Kier alpha value is -0.490. The van der Waals surface area contributed by atoms with Gasteiger partial charge in [-0.3, -0.25) is 4.84 Å². The molecule has 13 heavy (non-hydrogen) atoms. The lowest BCUT2D eigenvalue weighted by Gasteiger charge is -2.02. The second-order valence-electron chi connectivity index (χ2n) is 2.51. The van der Waals surface area contributed by atoms with Crippen molar-refractivity contribution in [3.8, 4) is 0 Å². The second kappa shape index (κ2) is 6.04. The molecule has 1 N–H and O–H groups in total. The Kier molecular flexibility index (Phi) is 4.92. The minimum atomic E-state index is 0.564. The van der Waals surface area contributed by atoms with Crippen LogP contribution in [0.5, 0.6) is 0 Å². The van der Waals surface area contributed by atoms with Crippen LogP contribution < -0.4 is 5.48 Å². The fourth-order valence-corrected chi connectivity index (χ4v) is 1.53. The van der Waals surface area contributed by atoms with Gasteiger partial charge < -0.3 is 4.74 Å². The number of rotatable bonds is 6. The van der Waals surface area contributed by atoms with E-state index in [1.807, 2.05) is 13.1 Å². The smallest absolute Gasteiger partial charge is 0.0916 e. The van der Waals surface area contributed by atoms with E-state index in [0.29, 0.717) is 19.8 Å². The molecule has 0 unspecified atom stereocenters. The van der Waals surface area contributed by atoms with E-state index in [9.17, 15) is 0 Å². The van der Waals surface area contributed by atoms with Crippen LogP contribution in [0, 0.1) is 6.92 Å². The van der Waals surface area contributed by atoms with Gasteiger partial charge in [0.05, 0.1) is 24.8 Å². The molecule has 0 saturated carbocycles. The fourth-order valence-electron chi connectivity index (χ4n) is 0.806. The topological polar surface area (TPSA) is 43.4 Å². The quantitative estimate of drug-likeness (QED) is 0.554. The van der Waals surface area contributed by atoms with Crippen LogP contribution in [-0.2, 0) is 16.1 Å². The van der Waals surface area contributed by atoms with Gasteiger partial charge in [0.2, 0.25) is 0 Å². The van der Waals surface area contributed by atoms with Crippen molar-refractivity contribution in [2.75, 3.05) is 20.3 Å². The third-order valence-corrected chi connectivity index (χ3v) is 2.32. The summed E-state index contributed by atoms with van der Waals surface area (Å²) in [5, 5.41) is 1.08. The van der Waals surface area contributed by atoms with E-state index < -0.39 is 0 Å². The summed E-state index contributed by atoms with van der Waals surface area (Å²) >= 11 is 1.67. The Bertz CT molecular complexity index is 240. The number of methoxy groups -OCH3 is 1. The van der Waals surface area contributed by atoms with Crippen molar-refractivity contribution >= 4 is 11.3 Å². The molecule has 1 aromatic heterocycles. The number of aryl methyl sites for hydroxylation is 1. The molecular formula is C8H14N2O2S. The molecule has 0 atom stereocenters. The molecule has 1 rings (SSSR count). The van der Waals surface area contributed by atoms with Crippen molar-refractivity contribution in [3.63, 3.8) is 0 Å². The molecule has 0 aliphatic carbocycles. The minimum absolute atomic E-state index is 0.564. The Morgan fingerprint density at radius 3 is 3.00 bits per heavy atom. The molecule has 0 aromatic carbocycles. The summed E-state index contributed by atoms with van der Waals surface area (Å²) < 4.78 is 4.82. The summed E-state index contributed by atoms with van der Waals surface area (Å²) in [5.74, 6) is 0. The molecule has 0 aliphatic rings. The van der Waals surface area contributed by atoms with Gasteiger partial charge in [0, 0.05) is 18.2 Å². The number of nitrogens with zero attached hydrogens (tertiary/aromatic N) is 1. The SMILES string of the molecule is COCCONCc1cnc(C)s1. The van der Waals surface area contributed by atoms with Gasteiger partial charge in [-0.1, -0.05) is 0 Å². The average molecular weight is 202 g/mol. The highest BCUT2D eigenvalue weighted by Crippen LogP contribution is 2.10. The van der Waals surface area contributed by atoms with Crippen molar-refractivity contribution in [3.05, 3.63) is 16.1 Å². The number of aromatic nitrogens is 1. The maximum Gasteiger partial charge on any atom is 0.0916 e. The second-order valence-corrected chi connectivity index (χ2v) is 3.83. The maximum absolute atomic E-state index is 5.09. The zero-order valence-corrected chi connectivity index (χ0v) is 8.69. The summed E-state index contributed by atoms with van der Waals surface area (Å²) in [6.45, 7) is 3.86. The Balaban J connectivity index is 2.06. The largest absolute Gasteiger partial charge is 0.382 e. The van der Waals surface area contributed by atoms with Crippen molar-refractivity contribution in [2.24, 2.45) is 0 Å². The number of hydrogen-bond acceptors (Lipinski definition) is 5. The maximum atomic E-state index is 5.09. The zero-order chi connectivity index (χ0) is 9.52. The molecule has 1 heterocycles. The molecular weight excluding hydrogens is 188 g/mol. The zero-order valence-electron chi connectivity index (χ0n) is 7.87. The first kappa shape index (κ1) is 10.6. The van der Waals surface area contributed by atoms with Crippen LogP contribution in [0.4, 0.5) is 0 Å². The molecule has 0 fully saturated rings. The first-order valence-corrected chi connectivity index (χ1v) is 4.89. The van der Waals surface area contributed by atoms with Gasteiger partial charge in [0.1, 0.15) is 0 Å². The molecule has 1 aromatic rings. The molecule has 0 aliphatic heterocycles. The van der Waals surface area contributed by atoms with Crippen LogP contribution in [-0.4, -0.2) is 25.3 Å². The third-order valence-electron chi connectivity index (χ3n) is 1.41. The summed E-state index contributed by atoms with van der Waals surface area (Å²) in [6, 6.07) is 0. The molecule has 0 bridgehead atoms. The Morgan fingerprint density at radius 2 is 2.38 bits per heavy atom. The normalized spacial score (nSPS) is 10.6. The van der Waals surface area contributed by atoms with E-state index in [4.69, 9.17) is 9.57 Å². The summed E-state index contributed by atoms with van der Waals surface area (Å²) in [5.41, 5.74) is 2.84. The van der Waals surface area contributed by atoms with Crippen LogP contribution in [0.15, 0.2) is 6.20 Å². The van der Waals surface area contributed by atoms with E-state index in [2.05, 4.69) is 10.5 Å². The standard InChI is InChI=1S/C8H14N2O2S/c1-7-9-5-8(13-7)6-10-12-4-3-11-2/h5,10H,3-4,6H2,1-2H3. The highest BCUT2D eigenvalue weighted by molar-refractivity contribution is 7.11. The van der Waals surface area contributed by atoms with Crippen molar-refractivity contribution in [1.29, 1.82) is 0 Å². The predicted molar refractivity (Wildman–Crippen MR) is 51.5 cm³/mol. The number of hydrogen-bond donors (Lipinski definition) is 1. The molecule has 4 nitrogen and oxygen atoms in total. The van der Waals surface area contributed by atoms with Crippen molar-refractivity contribution < 1.29 is 9.57 Å². The monoisotopic (exact) mass is 202 g/mol. The van der Waals surface area contributed by atoms with E-state index in [0.717, 1.165) is 5.01 Å². The molecule has 74 valence electrons. The van der Waals surface area contributed by atoms with Crippen molar-refractivity contribution in [2.45, 2.75) is 13.5 Å². The number of thiazole rings is 1. The van der Waals surface area contributed by atoms with E-state index >= 15 is 0 Å². The highest BCUT2D eigenvalue weighted by Gasteiger charge is 1.96. The Labute approximate surface area is 81.8 Å². The Morgan fingerprint density at radius 1 is 1.54 bits per heavy atom. The molecule has 0 radical (unpaired) electrons. The lowest BCUT2D eigenvalue weighted by molar-refractivity contribution is 0.00385. The van der Waals surface area contributed by atoms with Gasteiger partial charge in [-0.05, 0) is 6.92 Å². The molecule has 0 amide bonds. The molecule has 0 spiro atoms. The first-order chi connectivity index (χ1) is 6.33. The van der Waals surface area contributed by atoms with Gasteiger partial charge in [-0.15, -0.1) is 11.3 Å². The van der Waals surface area contributed by atoms with Crippen LogP contribution in [0.1, 0.15) is 9.88 Å². The van der Waals surface area contributed by atoms with E-state index in [1.54, 1.807) is 18.4 Å². The summed E-state index contributed by atoms with van der Waals surface area (Å²) in [7, 11) is 1.65. The number of nitrogens with one attached hydrogen (secondary N) is 1. The lowest BCUT2D eigenvalue weighted by atomic mass is 10.6. The van der Waals surface area contributed by atoms with Crippen LogP contribution in [0.3, 0.4) is 0 Å². The summed E-state index contributed by atoms with van der Waals surface area (Å²) in [4.78, 5) is 10.4. The predicted octanol–water partition coefficient (Wildman–Crippen LogP) is 1.12. The highest BCUT2D eigenvalue weighted by atomic mass is 32.1.